The number of aryl methyl sites for hydroxylation is 1. The average Bonchev–Trinajstić information content (AvgIpc) is 2.83. The Labute approximate surface area is 114 Å². The van der Waals surface area contributed by atoms with E-state index < -0.39 is 0 Å². The normalized spacial score (nSPS) is 17.5. The fourth-order valence-electron chi connectivity index (χ4n) is 2.31. The second kappa shape index (κ2) is 7.11. The van der Waals surface area contributed by atoms with Gasteiger partial charge in [0, 0.05) is 12.6 Å². The minimum Gasteiger partial charge on any atom is -0.357 e. The van der Waals surface area contributed by atoms with Gasteiger partial charge in [0.05, 0.1) is 0 Å². The van der Waals surface area contributed by atoms with Gasteiger partial charge in [-0.15, -0.1) is 0 Å². The van der Waals surface area contributed by atoms with Crippen LogP contribution in [0.3, 0.4) is 0 Å². The van der Waals surface area contributed by atoms with E-state index in [0.717, 1.165) is 12.5 Å². The van der Waals surface area contributed by atoms with Crippen LogP contribution in [-0.4, -0.2) is 28.7 Å². The SMILES string of the molecule is CCNC(=NCc1nc(C)no1)NC1CCCCC1. The molecule has 0 amide bonds. The molecule has 0 atom stereocenters. The van der Waals surface area contributed by atoms with Gasteiger partial charge >= 0.3 is 0 Å². The molecule has 0 saturated heterocycles. The zero-order chi connectivity index (χ0) is 13.5. The number of rotatable bonds is 4. The van der Waals surface area contributed by atoms with Gasteiger partial charge in [-0.05, 0) is 26.7 Å². The van der Waals surface area contributed by atoms with Gasteiger partial charge in [0.25, 0.3) is 0 Å². The molecule has 1 aromatic heterocycles. The van der Waals surface area contributed by atoms with Crippen LogP contribution in [0.2, 0.25) is 0 Å². The summed E-state index contributed by atoms with van der Waals surface area (Å²) in [6.07, 6.45) is 6.42. The van der Waals surface area contributed by atoms with Gasteiger partial charge in [0.1, 0.15) is 6.54 Å². The van der Waals surface area contributed by atoms with Gasteiger partial charge in [-0.3, -0.25) is 0 Å². The van der Waals surface area contributed by atoms with E-state index in [2.05, 4.69) is 32.7 Å². The minimum absolute atomic E-state index is 0.420. The van der Waals surface area contributed by atoms with Crippen LogP contribution < -0.4 is 10.6 Å². The summed E-state index contributed by atoms with van der Waals surface area (Å²) >= 11 is 0. The molecule has 2 N–H and O–H groups in total. The summed E-state index contributed by atoms with van der Waals surface area (Å²) in [5.74, 6) is 2.04. The van der Waals surface area contributed by atoms with Crippen molar-refractivity contribution in [3.05, 3.63) is 11.7 Å². The van der Waals surface area contributed by atoms with Gasteiger partial charge in [0.15, 0.2) is 11.8 Å². The van der Waals surface area contributed by atoms with Crippen LogP contribution in [0.4, 0.5) is 0 Å². The van der Waals surface area contributed by atoms with Crippen LogP contribution in [0.1, 0.15) is 50.7 Å². The summed E-state index contributed by atoms with van der Waals surface area (Å²) in [4.78, 5) is 8.64. The fraction of sp³-hybridized carbons (Fsp3) is 0.769. The molecule has 0 spiro atoms. The topological polar surface area (TPSA) is 75.3 Å². The molecule has 1 saturated carbocycles. The zero-order valence-corrected chi connectivity index (χ0v) is 11.8. The van der Waals surface area contributed by atoms with Crippen molar-refractivity contribution >= 4 is 5.96 Å². The summed E-state index contributed by atoms with van der Waals surface area (Å²) in [5.41, 5.74) is 0. The first kappa shape index (κ1) is 13.8. The number of aliphatic imine (C=N–C) groups is 1. The van der Waals surface area contributed by atoms with E-state index in [-0.39, 0.29) is 0 Å². The van der Waals surface area contributed by atoms with Crippen LogP contribution in [-0.2, 0) is 6.54 Å². The Balaban J connectivity index is 1.90. The second-order valence-corrected chi connectivity index (χ2v) is 4.91. The number of aromatic nitrogens is 2. The van der Waals surface area contributed by atoms with Crippen molar-refractivity contribution < 1.29 is 4.52 Å². The van der Waals surface area contributed by atoms with Crippen molar-refractivity contribution in [1.29, 1.82) is 0 Å². The highest BCUT2D eigenvalue weighted by molar-refractivity contribution is 5.80. The summed E-state index contributed by atoms with van der Waals surface area (Å²) in [6.45, 7) is 5.14. The van der Waals surface area contributed by atoms with E-state index in [1.807, 2.05) is 6.92 Å². The van der Waals surface area contributed by atoms with Gasteiger partial charge in [-0.1, -0.05) is 24.4 Å². The zero-order valence-electron chi connectivity index (χ0n) is 11.8. The van der Waals surface area contributed by atoms with E-state index in [4.69, 9.17) is 4.52 Å². The quantitative estimate of drug-likeness (QED) is 0.641. The summed E-state index contributed by atoms with van der Waals surface area (Å²) in [7, 11) is 0. The Morgan fingerprint density at radius 3 is 2.79 bits per heavy atom. The van der Waals surface area contributed by atoms with Crippen LogP contribution in [0, 0.1) is 6.92 Å². The highest BCUT2D eigenvalue weighted by Gasteiger charge is 2.14. The molecule has 0 bridgehead atoms. The van der Waals surface area contributed by atoms with Crippen LogP contribution >= 0.6 is 0 Å². The highest BCUT2D eigenvalue weighted by atomic mass is 16.5. The van der Waals surface area contributed by atoms with Crippen LogP contribution in [0.15, 0.2) is 9.52 Å². The highest BCUT2D eigenvalue weighted by Crippen LogP contribution is 2.17. The Bertz CT molecular complexity index is 409. The van der Waals surface area contributed by atoms with E-state index in [0.29, 0.717) is 24.3 Å². The first-order chi connectivity index (χ1) is 9.28. The molecule has 1 aromatic rings. The molecule has 6 nitrogen and oxygen atoms in total. The largest absolute Gasteiger partial charge is 0.357 e. The maximum atomic E-state index is 5.06. The van der Waals surface area contributed by atoms with Crippen LogP contribution in [0.25, 0.3) is 0 Å². The predicted octanol–water partition coefficient (Wildman–Crippen LogP) is 1.77. The molecule has 1 aliphatic rings. The molecule has 0 unspecified atom stereocenters. The minimum atomic E-state index is 0.420. The van der Waals surface area contributed by atoms with Crippen molar-refractivity contribution in [2.45, 2.75) is 58.5 Å². The molecule has 1 fully saturated rings. The summed E-state index contributed by atoms with van der Waals surface area (Å²) in [6, 6.07) is 0.538. The number of nitrogens with zero attached hydrogens (tertiary/aromatic N) is 3. The Kier molecular flexibility index (Phi) is 5.18. The van der Waals surface area contributed by atoms with E-state index in [9.17, 15) is 0 Å². The van der Waals surface area contributed by atoms with Gasteiger partial charge in [-0.2, -0.15) is 4.98 Å². The molecule has 0 aromatic carbocycles. The van der Waals surface area contributed by atoms with E-state index >= 15 is 0 Å². The lowest BCUT2D eigenvalue weighted by Gasteiger charge is -2.24. The molecule has 106 valence electrons. The predicted molar refractivity (Wildman–Crippen MR) is 73.9 cm³/mol. The molecule has 0 radical (unpaired) electrons. The summed E-state index contributed by atoms with van der Waals surface area (Å²) in [5, 5.41) is 10.5. The lowest BCUT2D eigenvalue weighted by Crippen LogP contribution is -2.44. The van der Waals surface area contributed by atoms with Gasteiger partial charge in [-0.25, -0.2) is 4.99 Å². The fourth-order valence-corrected chi connectivity index (χ4v) is 2.31. The molecule has 1 aliphatic carbocycles. The molecule has 0 aliphatic heterocycles. The van der Waals surface area contributed by atoms with Crippen molar-refractivity contribution in [1.82, 2.24) is 20.8 Å². The van der Waals surface area contributed by atoms with Crippen molar-refractivity contribution in [2.24, 2.45) is 4.99 Å². The first-order valence-electron chi connectivity index (χ1n) is 7.12. The standard InChI is InChI=1S/C13H23N5O/c1-3-14-13(17-11-7-5-4-6-8-11)15-9-12-16-10(2)18-19-12/h11H,3-9H2,1-2H3,(H2,14,15,17). The lowest BCUT2D eigenvalue weighted by atomic mass is 9.96. The lowest BCUT2D eigenvalue weighted by molar-refractivity contribution is 0.375. The number of nitrogens with one attached hydrogen (secondary N) is 2. The van der Waals surface area contributed by atoms with Crippen molar-refractivity contribution in [2.75, 3.05) is 6.54 Å². The third-order valence-corrected chi connectivity index (χ3v) is 3.23. The third-order valence-electron chi connectivity index (χ3n) is 3.23. The van der Waals surface area contributed by atoms with Gasteiger partial charge < -0.3 is 15.2 Å². The van der Waals surface area contributed by atoms with Crippen molar-refractivity contribution in [3.63, 3.8) is 0 Å². The van der Waals surface area contributed by atoms with Gasteiger partial charge in [0.2, 0.25) is 5.89 Å². The Morgan fingerprint density at radius 2 is 2.16 bits per heavy atom. The number of hydrogen-bond donors (Lipinski definition) is 2. The van der Waals surface area contributed by atoms with Crippen molar-refractivity contribution in [3.8, 4) is 0 Å². The number of guanidine groups is 1. The second-order valence-electron chi connectivity index (χ2n) is 4.91. The smallest absolute Gasteiger partial charge is 0.248 e. The first-order valence-corrected chi connectivity index (χ1v) is 7.12. The average molecular weight is 265 g/mol. The summed E-state index contributed by atoms with van der Waals surface area (Å²) < 4.78 is 5.06. The third kappa shape index (κ3) is 4.54. The maximum Gasteiger partial charge on any atom is 0.248 e. The van der Waals surface area contributed by atoms with E-state index in [1.165, 1.54) is 32.1 Å². The molecule has 1 heterocycles. The van der Waals surface area contributed by atoms with Crippen LogP contribution in [0.5, 0.6) is 0 Å². The molecule has 19 heavy (non-hydrogen) atoms. The molecular formula is C13H23N5O. The Hall–Kier alpha value is -1.59. The molecule has 2 rings (SSSR count). The molecular weight excluding hydrogens is 242 g/mol. The van der Waals surface area contributed by atoms with E-state index in [1.54, 1.807) is 0 Å². The Morgan fingerprint density at radius 1 is 1.37 bits per heavy atom. The monoisotopic (exact) mass is 265 g/mol. The maximum absolute atomic E-state index is 5.06. The molecule has 6 heteroatoms. The number of hydrogen-bond acceptors (Lipinski definition) is 4.